The van der Waals surface area contributed by atoms with Gasteiger partial charge in [0.15, 0.2) is 0 Å². The number of halogens is 1. The fraction of sp³-hybridized carbons (Fsp3) is 0.600. The highest BCUT2D eigenvalue weighted by atomic mass is 32.2. The van der Waals surface area contributed by atoms with Crippen molar-refractivity contribution in [2.45, 2.75) is 43.6 Å². The third-order valence-electron chi connectivity index (χ3n) is 3.74. The van der Waals surface area contributed by atoms with Crippen molar-refractivity contribution in [1.82, 2.24) is 0 Å². The lowest BCUT2D eigenvalue weighted by Gasteiger charge is -2.30. The highest BCUT2D eigenvalue weighted by Gasteiger charge is 2.25. The van der Waals surface area contributed by atoms with Gasteiger partial charge < -0.3 is 5.11 Å². The van der Waals surface area contributed by atoms with Gasteiger partial charge in [-0.1, -0.05) is 25.8 Å². The molecule has 0 aromatic heterocycles. The molecule has 2 rings (SSSR count). The molecule has 18 heavy (non-hydrogen) atoms. The van der Waals surface area contributed by atoms with E-state index in [4.69, 9.17) is 0 Å². The van der Waals surface area contributed by atoms with Crippen molar-refractivity contribution in [3.8, 4) is 0 Å². The summed E-state index contributed by atoms with van der Waals surface area (Å²) in [6.45, 7) is 2.26. The van der Waals surface area contributed by atoms with Gasteiger partial charge in [0.1, 0.15) is 5.82 Å². The lowest BCUT2D eigenvalue weighted by atomic mass is 9.80. The van der Waals surface area contributed by atoms with Crippen LogP contribution in [0.3, 0.4) is 0 Å². The van der Waals surface area contributed by atoms with E-state index < -0.39 is 0 Å². The first-order chi connectivity index (χ1) is 8.65. The fourth-order valence-corrected chi connectivity index (χ4v) is 3.71. The smallest absolute Gasteiger partial charge is 0.124 e. The third-order valence-corrected chi connectivity index (χ3v) is 4.83. The van der Waals surface area contributed by atoms with Gasteiger partial charge >= 0.3 is 0 Å². The number of aliphatic hydroxyl groups is 1. The zero-order valence-electron chi connectivity index (χ0n) is 10.8. The second-order valence-electron chi connectivity index (χ2n) is 5.37. The van der Waals surface area contributed by atoms with Crippen LogP contribution in [0.15, 0.2) is 29.2 Å². The van der Waals surface area contributed by atoms with Gasteiger partial charge in [0, 0.05) is 10.6 Å². The van der Waals surface area contributed by atoms with Gasteiger partial charge in [0.2, 0.25) is 0 Å². The molecule has 1 nitrogen and oxygen atoms in total. The maximum atomic E-state index is 13.0. The average Bonchev–Trinajstić information content (AvgIpc) is 2.36. The topological polar surface area (TPSA) is 20.2 Å². The summed E-state index contributed by atoms with van der Waals surface area (Å²) in [7, 11) is 0. The van der Waals surface area contributed by atoms with Gasteiger partial charge in [0.25, 0.3) is 0 Å². The summed E-state index contributed by atoms with van der Waals surface area (Å²) < 4.78 is 13.0. The van der Waals surface area contributed by atoms with Crippen LogP contribution < -0.4 is 0 Å². The van der Waals surface area contributed by atoms with Crippen LogP contribution in [-0.2, 0) is 0 Å². The highest BCUT2D eigenvalue weighted by Crippen LogP contribution is 2.32. The van der Waals surface area contributed by atoms with Gasteiger partial charge in [-0.2, -0.15) is 0 Å². The number of hydrogen-bond acceptors (Lipinski definition) is 2. The maximum absolute atomic E-state index is 13.0. The third kappa shape index (κ3) is 3.99. The Morgan fingerprint density at radius 3 is 3.00 bits per heavy atom. The van der Waals surface area contributed by atoms with E-state index in [0.29, 0.717) is 11.7 Å². The Kier molecular flexibility index (Phi) is 5.07. The zero-order chi connectivity index (χ0) is 13.0. The van der Waals surface area contributed by atoms with Crippen LogP contribution in [0.2, 0.25) is 0 Å². The molecule has 0 bridgehead atoms. The van der Waals surface area contributed by atoms with Crippen LogP contribution in [-0.4, -0.2) is 17.0 Å². The molecule has 1 aromatic rings. The van der Waals surface area contributed by atoms with Crippen molar-refractivity contribution in [1.29, 1.82) is 0 Å². The van der Waals surface area contributed by atoms with Crippen LogP contribution in [0.1, 0.15) is 32.6 Å². The van der Waals surface area contributed by atoms with E-state index >= 15 is 0 Å². The summed E-state index contributed by atoms with van der Waals surface area (Å²) in [6.07, 6.45) is 4.52. The van der Waals surface area contributed by atoms with Gasteiger partial charge in [-0.05, 0) is 42.9 Å². The largest absolute Gasteiger partial charge is 0.392 e. The second kappa shape index (κ2) is 6.58. The molecule has 1 fully saturated rings. The minimum absolute atomic E-state index is 0.208. The number of hydrogen-bond donors (Lipinski definition) is 1. The molecule has 0 aliphatic heterocycles. The van der Waals surface area contributed by atoms with Crippen molar-refractivity contribution in [2.24, 2.45) is 11.8 Å². The molecule has 0 radical (unpaired) electrons. The van der Waals surface area contributed by atoms with Crippen molar-refractivity contribution < 1.29 is 9.50 Å². The first-order valence-electron chi connectivity index (χ1n) is 6.71. The normalized spacial score (nSPS) is 25.9. The SMILES string of the molecule is CC1CCCC(C(O)CSc2cccc(F)c2)C1. The van der Waals surface area contributed by atoms with Crippen LogP contribution in [0.4, 0.5) is 4.39 Å². The Morgan fingerprint density at radius 2 is 2.28 bits per heavy atom. The maximum Gasteiger partial charge on any atom is 0.124 e. The van der Waals surface area contributed by atoms with E-state index in [2.05, 4.69) is 6.92 Å². The number of aliphatic hydroxyl groups excluding tert-OH is 1. The van der Waals surface area contributed by atoms with E-state index in [9.17, 15) is 9.50 Å². The predicted molar refractivity (Wildman–Crippen MR) is 74.3 cm³/mol. The monoisotopic (exact) mass is 268 g/mol. The van der Waals surface area contributed by atoms with E-state index in [1.165, 1.54) is 25.0 Å². The van der Waals surface area contributed by atoms with Gasteiger partial charge in [-0.15, -0.1) is 11.8 Å². The quantitative estimate of drug-likeness (QED) is 0.829. The highest BCUT2D eigenvalue weighted by molar-refractivity contribution is 7.99. The summed E-state index contributed by atoms with van der Waals surface area (Å²) in [5.74, 6) is 1.62. The minimum Gasteiger partial charge on any atom is -0.392 e. The predicted octanol–water partition coefficient (Wildman–Crippen LogP) is 4.11. The minimum atomic E-state index is -0.263. The molecule has 0 spiro atoms. The molecule has 1 aromatic carbocycles. The average molecular weight is 268 g/mol. The first-order valence-corrected chi connectivity index (χ1v) is 7.70. The molecule has 3 heteroatoms. The molecule has 0 amide bonds. The molecule has 0 heterocycles. The van der Waals surface area contributed by atoms with Crippen molar-refractivity contribution in [3.63, 3.8) is 0 Å². The summed E-state index contributed by atoms with van der Waals surface area (Å²) >= 11 is 1.55. The molecular formula is C15H21FOS. The van der Waals surface area contributed by atoms with Crippen LogP contribution in [0.5, 0.6) is 0 Å². The molecule has 1 aliphatic rings. The number of benzene rings is 1. The molecule has 3 atom stereocenters. The van der Waals surface area contributed by atoms with Crippen LogP contribution in [0, 0.1) is 17.7 Å². The first kappa shape index (κ1) is 13.9. The van der Waals surface area contributed by atoms with Crippen molar-refractivity contribution in [2.75, 3.05) is 5.75 Å². The van der Waals surface area contributed by atoms with Crippen LogP contribution >= 0.6 is 11.8 Å². The lowest BCUT2D eigenvalue weighted by molar-refractivity contribution is 0.0902. The molecular weight excluding hydrogens is 247 g/mol. The summed E-state index contributed by atoms with van der Waals surface area (Å²) in [4.78, 5) is 0.901. The van der Waals surface area contributed by atoms with Crippen LogP contribution in [0.25, 0.3) is 0 Å². The Balaban J connectivity index is 1.82. The number of rotatable bonds is 4. The van der Waals surface area contributed by atoms with Crippen molar-refractivity contribution in [3.05, 3.63) is 30.1 Å². The van der Waals surface area contributed by atoms with E-state index in [-0.39, 0.29) is 11.9 Å². The van der Waals surface area contributed by atoms with Gasteiger partial charge in [0.05, 0.1) is 6.10 Å². The summed E-state index contributed by atoms with van der Waals surface area (Å²) in [5, 5.41) is 10.2. The molecule has 3 unspecified atom stereocenters. The summed E-state index contributed by atoms with van der Waals surface area (Å²) in [5.41, 5.74) is 0. The van der Waals surface area contributed by atoms with Gasteiger partial charge in [-0.3, -0.25) is 0 Å². The lowest BCUT2D eigenvalue weighted by Crippen LogP contribution is -2.27. The van der Waals surface area contributed by atoms with E-state index in [1.807, 2.05) is 6.07 Å². The fourth-order valence-electron chi connectivity index (χ4n) is 2.70. The van der Waals surface area contributed by atoms with Gasteiger partial charge in [-0.25, -0.2) is 4.39 Å². The Bertz CT molecular complexity index is 383. The molecule has 1 saturated carbocycles. The number of thioether (sulfide) groups is 1. The molecule has 100 valence electrons. The Morgan fingerprint density at radius 1 is 1.44 bits per heavy atom. The van der Waals surface area contributed by atoms with E-state index in [1.54, 1.807) is 17.8 Å². The zero-order valence-corrected chi connectivity index (χ0v) is 11.6. The molecule has 0 saturated heterocycles. The van der Waals surface area contributed by atoms with Crippen molar-refractivity contribution >= 4 is 11.8 Å². The molecule has 1 aliphatic carbocycles. The van der Waals surface area contributed by atoms with E-state index in [0.717, 1.165) is 23.7 Å². The summed E-state index contributed by atoms with van der Waals surface area (Å²) in [6, 6.07) is 6.58. The second-order valence-corrected chi connectivity index (χ2v) is 6.46. The molecule has 1 N–H and O–H groups in total. The Hall–Kier alpha value is -0.540. The Labute approximate surface area is 113 Å². The standard InChI is InChI=1S/C15H21FOS/c1-11-4-2-5-12(8-11)15(17)10-18-14-7-3-6-13(16)9-14/h3,6-7,9,11-12,15,17H,2,4-5,8,10H2,1H3.